The number of nitrogens with zero attached hydrogens (tertiary/aromatic N) is 1. The summed E-state index contributed by atoms with van der Waals surface area (Å²) >= 11 is 1.59. The number of aromatic nitrogens is 1. The number of aryl methyl sites for hydroxylation is 1. The Hall–Kier alpha value is -2.67. The lowest BCUT2D eigenvalue weighted by Crippen LogP contribution is -2.32. The van der Waals surface area contributed by atoms with Crippen LogP contribution in [0.2, 0.25) is 0 Å². The van der Waals surface area contributed by atoms with Crippen molar-refractivity contribution in [3.63, 3.8) is 0 Å². The molecule has 0 bridgehead atoms. The maximum Gasteiger partial charge on any atom is 0.244 e. The Balaban J connectivity index is 1.81. The first kappa shape index (κ1) is 18.7. The van der Waals surface area contributed by atoms with Crippen LogP contribution in [0.4, 0.5) is 0 Å². The third-order valence-corrected chi connectivity index (χ3v) is 3.96. The average molecular weight is 359 g/mol. The molecule has 0 fully saturated rings. The second-order valence-corrected chi connectivity index (χ2v) is 6.39. The summed E-state index contributed by atoms with van der Waals surface area (Å²) in [5.74, 6) is 0.392. The van der Waals surface area contributed by atoms with E-state index in [4.69, 9.17) is 4.74 Å². The fourth-order valence-corrected chi connectivity index (χ4v) is 2.59. The molecule has 2 amide bonds. The molecule has 2 aromatic rings. The first-order valence-corrected chi connectivity index (χ1v) is 8.75. The van der Waals surface area contributed by atoms with Crippen molar-refractivity contribution >= 4 is 29.2 Å². The third kappa shape index (κ3) is 7.17. The van der Waals surface area contributed by atoms with E-state index in [9.17, 15) is 9.59 Å². The van der Waals surface area contributed by atoms with Crippen LogP contribution in [-0.4, -0.2) is 29.9 Å². The Morgan fingerprint density at radius 1 is 1.28 bits per heavy atom. The van der Waals surface area contributed by atoms with Crippen LogP contribution in [0.3, 0.4) is 0 Å². The molecule has 0 saturated heterocycles. The monoisotopic (exact) mass is 359 g/mol. The Morgan fingerprint density at radius 3 is 2.80 bits per heavy atom. The molecule has 0 unspecified atom stereocenters. The number of benzene rings is 1. The molecule has 1 aromatic heterocycles. The number of carbonyl (C=O) groups excluding carboxylic acids is 2. The van der Waals surface area contributed by atoms with Gasteiger partial charge in [0.15, 0.2) is 0 Å². The minimum atomic E-state index is -0.213. The highest BCUT2D eigenvalue weighted by atomic mass is 32.1. The summed E-state index contributed by atoms with van der Waals surface area (Å²) in [6, 6.07) is 7.49. The van der Waals surface area contributed by atoms with Crippen molar-refractivity contribution in [2.75, 3.05) is 13.1 Å². The highest BCUT2D eigenvalue weighted by Gasteiger charge is 2.01. The molecule has 2 N–H and O–H groups in total. The van der Waals surface area contributed by atoms with Crippen molar-refractivity contribution in [1.29, 1.82) is 0 Å². The van der Waals surface area contributed by atoms with E-state index in [1.54, 1.807) is 17.4 Å². The molecule has 0 saturated carbocycles. The number of carbonyl (C=O) groups is 2. The van der Waals surface area contributed by atoms with Gasteiger partial charge >= 0.3 is 0 Å². The Morgan fingerprint density at radius 2 is 2.08 bits per heavy atom. The molecule has 0 aliphatic heterocycles. The lowest BCUT2D eigenvalue weighted by molar-refractivity contribution is -0.119. The molecular weight excluding hydrogens is 338 g/mol. The molecule has 6 nitrogen and oxygen atoms in total. The molecule has 1 aromatic carbocycles. The van der Waals surface area contributed by atoms with Crippen molar-refractivity contribution in [3.8, 4) is 5.75 Å². The van der Waals surface area contributed by atoms with E-state index in [0.29, 0.717) is 19.7 Å². The Labute approximate surface area is 150 Å². The topological polar surface area (TPSA) is 80.3 Å². The van der Waals surface area contributed by atoms with Crippen LogP contribution in [-0.2, 0) is 16.2 Å². The van der Waals surface area contributed by atoms with Crippen LogP contribution >= 0.6 is 11.3 Å². The van der Waals surface area contributed by atoms with E-state index >= 15 is 0 Å². The van der Waals surface area contributed by atoms with E-state index in [1.165, 1.54) is 13.0 Å². The molecule has 0 spiro atoms. The molecule has 0 atom stereocenters. The van der Waals surface area contributed by atoms with Crippen LogP contribution in [0.25, 0.3) is 6.08 Å². The first-order chi connectivity index (χ1) is 12.0. The van der Waals surface area contributed by atoms with E-state index in [2.05, 4.69) is 15.6 Å². The molecular formula is C18H21N3O3S. The summed E-state index contributed by atoms with van der Waals surface area (Å²) in [6.45, 7) is 4.61. The second kappa shape index (κ2) is 9.58. The highest BCUT2D eigenvalue weighted by molar-refractivity contribution is 7.09. The number of thiazole rings is 1. The minimum Gasteiger partial charge on any atom is -0.487 e. The molecule has 7 heteroatoms. The SMILES string of the molecule is CC(=O)NCCNC(=O)/C=C/c1cccc(OCc2csc(C)n2)c1. The van der Waals surface area contributed by atoms with Gasteiger partial charge in [0.25, 0.3) is 0 Å². The number of nitrogens with one attached hydrogen (secondary N) is 2. The van der Waals surface area contributed by atoms with Gasteiger partial charge in [-0.15, -0.1) is 11.3 Å². The number of amides is 2. The maximum absolute atomic E-state index is 11.7. The van der Waals surface area contributed by atoms with Gasteiger partial charge in [-0.2, -0.15) is 0 Å². The Bertz CT molecular complexity index is 756. The van der Waals surface area contributed by atoms with Crippen LogP contribution < -0.4 is 15.4 Å². The van der Waals surface area contributed by atoms with Crippen molar-refractivity contribution in [1.82, 2.24) is 15.6 Å². The maximum atomic E-state index is 11.7. The molecule has 0 aliphatic carbocycles. The van der Waals surface area contributed by atoms with Crippen molar-refractivity contribution in [2.24, 2.45) is 0 Å². The van der Waals surface area contributed by atoms with E-state index in [0.717, 1.165) is 22.0 Å². The van der Waals surface area contributed by atoms with Gasteiger partial charge < -0.3 is 15.4 Å². The molecule has 0 radical (unpaired) electrons. The average Bonchev–Trinajstić information content (AvgIpc) is 3.01. The standard InChI is InChI=1S/C18H21N3O3S/c1-13(22)19-8-9-20-18(23)7-6-15-4-3-5-17(10-15)24-11-16-12-25-14(2)21-16/h3-7,10,12H,8-9,11H2,1-2H3,(H,19,22)(H,20,23)/b7-6+. The van der Waals surface area contributed by atoms with Crippen molar-refractivity contribution < 1.29 is 14.3 Å². The fourth-order valence-electron chi connectivity index (χ4n) is 1.99. The van der Waals surface area contributed by atoms with Crippen molar-refractivity contribution in [2.45, 2.75) is 20.5 Å². The van der Waals surface area contributed by atoms with Gasteiger partial charge in [-0.3, -0.25) is 9.59 Å². The lowest BCUT2D eigenvalue weighted by Gasteiger charge is -2.05. The smallest absolute Gasteiger partial charge is 0.244 e. The van der Waals surface area contributed by atoms with E-state index < -0.39 is 0 Å². The molecule has 1 heterocycles. The van der Waals surface area contributed by atoms with Gasteiger partial charge in [0.1, 0.15) is 12.4 Å². The normalized spacial score (nSPS) is 10.6. The largest absolute Gasteiger partial charge is 0.487 e. The zero-order chi connectivity index (χ0) is 18.1. The molecule has 132 valence electrons. The second-order valence-electron chi connectivity index (χ2n) is 5.33. The van der Waals surface area contributed by atoms with Gasteiger partial charge in [0, 0.05) is 31.5 Å². The van der Waals surface area contributed by atoms with Crippen LogP contribution in [0.15, 0.2) is 35.7 Å². The molecule has 2 rings (SSSR count). The van der Waals surface area contributed by atoms with E-state index in [-0.39, 0.29) is 11.8 Å². The number of ether oxygens (including phenoxy) is 1. The van der Waals surface area contributed by atoms with Gasteiger partial charge in [-0.1, -0.05) is 12.1 Å². The first-order valence-electron chi connectivity index (χ1n) is 7.87. The zero-order valence-electron chi connectivity index (χ0n) is 14.2. The fraction of sp³-hybridized carbons (Fsp3) is 0.278. The number of hydrogen-bond acceptors (Lipinski definition) is 5. The summed E-state index contributed by atoms with van der Waals surface area (Å²) in [4.78, 5) is 26.8. The summed E-state index contributed by atoms with van der Waals surface area (Å²) in [7, 11) is 0. The summed E-state index contributed by atoms with van der Waals surface area (Å²) in [5, 5.41) is 8.30. The quantitative estimate of drug-likeness (QED) is 0.560. The number of rotatable bonds is 8. The van der Waals surface area contributed by atoms with Crippen LogP contribution in [0.1, 0.15) is 23.2 Å². The van der Waals surface area contributed by atoms with Gasteiger partial charge in [-0.25, -0.2) is 4.98 Å². The summed E-state index contributed by atoms with van der Waals surface area (Å²) < 4.78 is 5.72. The predicted molar refractivity (Wildman–Crippen MR) is 98.4 cm³/mol. The van der Waals surface area contributed by atoms with Crippen molar-refractivity contribution in [3.05, 3.63) is 52.0 Å². The van der Waals surface area contributed by atoms with E-state index in [1.807, 2.05) is 36.6 Å². The van der Waals surface area contributed by atoms with Gasteiger partial charge in [0.05, 0.1) is 10.7 Å². The van der Waals surface area contributed by atoms with Crippen LogP contribution in [0, 0.1) is 6.92 Å². The molecule has 25 heavy (non-hydrogen) atoms. The lowest BCUT2D eigenvalue weighted by atomic mass is 10.2. The van der Waals surface area contributed by atoms with Gasteiger partial charge in [-0.05, 0) is 30.7 Å². The molecule has 0 aliphatic rings. The highest BCUT2D eigenvalue weighted by Crippen LogP contribution is 2.17. The third-order valence-electron chi connectivity index (χ3n) is 3.14. The predicted octanol–water partition coefficient (Wildman–Crippen LogP) is 2.30. The minimum absolute atomic E-state index is 0.116. The van der Waals surface area contributed by atoms with Crippen LogP contribution in [0.5, 0.6) is 5.75 Å². The summed E-state index contributed by atoms with van der Waals surface area (Å²) in [6.07, 6.45) is 3.17. The zero-order valence-corrected chi connectivity index (χ0v) is 15.1. The summed E-state index contributed by atoms with van der Waals surface area (Å²) in [5.41, 5.74) is 1.77. The Kier molecular flexibility index (Phi) is 7.16. The van der Waals surface area contributed by atoms with Gasteiger partial charge in [0.2, 0.25) is 11.8 Å². The number of hydrogen-bond donors (Lipinski definition) is 2.